The number of nitrogens with zero attached hydrogens (tertiary/aromatic N) is 8. The smallest absolute Gasteiger partial charge is 0.227 e. The van der Waals surface area contributed by atoms with Crippen LogP contribution in [0.3, 0.4) is 0 Å². The molecule has 0 unspecified atom stereocenters. The zero-order valence-electron chi connectivity index (χ0n) is 74.6. The fourth-order valence-corrected chi connectivity index (χ4v) is 19.9. The van der Waals surface area contributed by atoms with Crippen LogP contribution in [0.4, 0.5) is 0 Å². The van der Waals surface area contributed by atoms with E-state index in [1.54, 1.807) is 0 Å². The summed E-state index contributed by atoms with van der Waals surface area (Å²) < 4.78 is 34.7. The van der Waals surface area contributed by atoms with Crippen LogP contribution >= 0.6 is 0 Å². The molecule has 4 aromatic carbocycles. The Kier molecular flexibility index (Phi) is 22.7. The minimum atomic E-state index is -0.00599. The van der Waals surface area contributed by atoms with Crippen molar-refractivity contribution in [1.29, 1.82) is 0 Å². The van der Waals surface area contributed by atoms with E-state index in [0.717, 1.165) is 124 Å². The molecule has 616 valence electrons. The van der Waals surface area contributed by atoms with Gasteiger partial charge in [-0.1, -0.05) is 169 Å². The Bertz CT molecular complexity index is 6540. The molecule has 12 heterocycles. The minimum Gasteiger partial charge on any atom is -0.437 e. The predicted octanol–water partition coefficient (Wildman–Crippen LogP) is 27.0. The molecule has 12 heteroatoms. The Morgan fingerprint density at radius 2 is 0.617 bits per heavy atom. The van der Waals surface area contributed by atoms with E-state index in [-0.39, 0.29) is 10.8 Å². The first-order valence-electron chi connectivity index (χ1n) is 45.0. The molecule has 0 radical (unpaired) electrons. The molecular formula is C108H124N8O4+4. The van der Waals surface area contributed by atoms with Gasteiger partial charge in [-0.25, -0.2) is 38.2 Å². The lowest BCUT2D eigenvalue weighted by molar-refractivity contribution is -0.660. The molecule has 4 fully saturated rings. The third kappa shape index (κ3) is 16.3. The van der Waals surface area contributed by atoms with Crippen molar-refractivity contribution < 1.29 is 35.9 Å². The number of benzene rings is 4. The fourth-order valence-electron chi connectivity index (χ4n) is 19.9. The summed E-state index contributed by atoms with van der Waals surface area (Å²) in [6.07, 6.45) is 32.0. The molecule has 4 saturated carbocycles. The summed E-state index contributed by atoms with van der Waals surface area (Å²) in [7, 11) is 8.52. The van der Waals surface area contributed by atoms with E-state index in [2.05, 4.69) is 314 Å². The van der Waals surface area contributed by atoms with Crippen LogP contribution in [0, 0.1) is 39.0 Å². The molecule has 0 amide bonds. The highest BCUT2D eigenvalue weighted by Crippen LogP contribution is 2.46. The highest BCUT2D eigenvalue weighted by atomic mass is 16.4. The Hall–Kier alpha value is -10.7. The third-order valence-corrected chi connectivity index (χ3v) is 26.7. The van der Waals surface area contributed by atoms with Crippen molar-refractivity contribution in [1.82, 2.24) is 19.9 Å². The predicted molar refractivity (Wildman–Crippen MR) is 491 cm³/mol. The number of rotatable bonds is 12. The maximum Gasteiger partial charge on any atom is 0.227 e. The van der Waals surface area contributed by atoms with Gasteiger partial charge in [-0.2, -0.15) is 0 Å². The second kappa shape index (κ2) is 33.4. The van der Waals surface area contributed by atoms with E-state index in [0.29, 0.717) is 35.5 Å². The van der Waals surface area contributed by atoms with Crippen LogP contribution in [-0.2, 0) is 46.4 Å². The molecule has 12 aromatic heterocycles. The van der Waals surface area contributed by atoms with Gasteiger partial charge in [-0.15, -0.1) is 0 Å². The van der Waals surface area contributed by atoms with Crippen molar-refractivity contribution in [3.05, 3.63) is 238 Å². The van der Waals surface area contributed by atoms with Gasteiger partial charge in [-0.3, -0.25) is 0 Å². The fraction of sp³-hybridized carbons (Fsp3) is 0.407. The molecule has 16 aromatic rings. The Morgan fingerprint density at radius 3 is 0.925 bits per heavy atom. The summed E-state index contributed by atoms with van der Waals surface area (Å²) in [5.41, 5.74) is 31.7. The monoisotopic (exact) mass is 1600 g/mol. The van der Waals surface area contributed by atoms with E-state index < -0.39 is 0 Å². The average Bonchev–Trinajstić information content (AvgIpc) is 1.54. The van der Waals surface area contributed by atoms with Gasteiger partial charge >= 0.3 is 0 Å². The molecule has 0 spiro atoms. The normalized spacial score (nSPS) is 15.3. The molecule has 0 saturated heterocycles. The number of fused-ring (bicyclic) bond motifs is 12. The standard InChI is InChI=1S/C28H33N2O.2C27H31N2O.C26H29N2O/c1-18-10-12-22-23-13-11-21(17-28(2,3)4)29-27(23)31-26(22)25(18)24-16-20(14-15-30(24)5)19-8-6-7-9-19;1-17-10-11-20-21-12-13-23(27(2,3)4)28-26(21)30-25(20)24(17)22-16-19(14-15-29(22)5)18-8-6-7-9-18;1-17(2)15-21-10-12-23-22-11-9-18(3)25(26(22)30-27(23)28-21)24-16-20(13-14-29(24)4)19-7-5-6-8-19;1-16(2)22-12-11-21-20-10-9-17(3)24(25(20)29-26(21)27-22)23-15-19(13-14-28(23)4)18-7-5-6-8-18/h10-16,19H,6-9,17H2,1-5H3;10-16,18H,6-9H2,1-5H3;9-14,16-17,19H,5-8,15H2,1-4H3;9-16,18H,5-8H2,1-4H3/q4*+1. The molecule has 120 heavy (non-hydrogen) atoms. The molecule has 12 nitrogen and oxygen atoms in total. The molecule has 20 rings (SSSR count). The second-order valence-corrected chi connectivity index (χ2v) is 38.9. The van der Waals surface area contributed by atoms with Crippen molar-refractivity contribution in [2.45, 2.75) is 248 Å². The first-order valence-corrected chi connectivity index (χ1v) is 45.0. The highest BCUT2D eigenvalue weighted by molar-refractivity contribution is 6.12. The first kappa shape index (κ1) is 81.6. The van der Waals surface area contributed by atoms with Crippen molar-refractivity contribution in [3.63, 3.8) is 0 Å². The van der Waals surface area contributed by atoms with Gasteiger partial charge in [0.2, 0.25) is 45.6 Å². The quantitative estimate of drug-likeness (QED) is 0.111. The third-order valence-electron chi connectivity index (χ3n) is 26.7. The number of aryl methyl sites for hydroxylation is 8. The van der Waals surface area contributed by atoms with Crippen LogP contribution < -0.4 is 18.3 Å². The molecule has 0 N–H and O–H groups in total. The number of aromatic nitrogens is 8. The lowest BCUT2D eigenvalue weighted by Gasteiger charge is -2.16. The zero-order chi connectivity index (χ0) is 83.7. The van der Waals surface area contributed by atoms with Crippen LogP contribution in [0.5, 0.6) is 0 Å². The lowest BCUT2D eigenvalue weighted by Crippen LogP contribution is -2.31. The maximum atomic E-state index is 6.47. The number of hydrogen-bond donors (Lipinski definition) is 0. The molecule has 0 aliphatic heterocycles. The summed E-state index contributed by atoms with van der Waals surface area (Å²) in [5, 5.41) is 8.99. The molecule has 4 aliphatic rings. The van der Waals surface area contributed by atoms with E-state index in [9.17, 15) is 0 Å². The van der Waals surface area contributed by atoms with Gasteiger partial charge in [0.15, 0.2) is 47.1 Å². The van der Waals surface area contributed by atoms with Crippen LogP contribution in [-0.4, -0.2) is 19.9 Å². The molecular weight excluding hydrogens is 1470 g/mol. The minimum absolute atomic E-state index is 0.00599. The van der Waals surface area contributed by atoms with Crippen molar-refractivity contribution in [2.24, 2.45) is 39.5 Å². The summed E-state index contributed by atoms with van der Waals surface area (Å²) in [6, 6.07) is 53.6. The Morgan fingerprint density at radius 1 is 0.333 bits per heavy atom. The summed E-state index contributed by atoms with van der Waals surface area (Å²) >= 11 is 0. The van der Waals surface area contributed by atoms with Crippen LogP contribution in [0.2, 0.25) is 0 Å². The van der Waals surface area contributed by atoms with Crippen LogP contribution in [0.15, 0.2) is 188 Å². The molecule has 0 bridgehead atoms. The SMILES string of the molecule is Cc1ccc2c(oc3nc(C(C)(C)C)ccc32)c1-c1cc(C2CCCC2)cc[n+]1C.Cc1ccc2c(oc3nc(C(C)C)ccc32)c1-c1cc(C2CCCC2)cc[n+]1C.Cc1ccc2c(oc3nc(CC(C)(C)C)ccc32)c1-c1cc(C2CCCC2)cc[n+]1C.Cc1ccc2c(oc3nc(CC(C)C)ccc32)c1-c1cc(C2CCCC2)cc[n+]1C. The van der Waals surface area contributed by atoms with Gasteiger partial charge in [-0.05, 0) is 226 Å². The molecule has 0 atom stereocenters. The Labute approximate surface area is 709 Å². The second-order valence-electron chi connectivity index (χ2n) is 38.9. The van der Waals surface area contributed by atoms with Gasteiger partial charge in [0.1, 0.15) is 28.2 Å². The van der Waals surface area contributed by atoms with Crippen molar-refractivity contribution in [2.75, 3.05) is 0 Å². The van der Waals surface area contributed by atoms with Gasteiger partial charge in [0, 0.05) is 120 Å². The van der Waals surface area contributed by atoms with Gasteiger partial charge in [0.05, 0.1) is 22.3 Å². The zero-order valence-corrected chi connectivity index (χ0v) is 74.6. The maximum absolute atomic E-state index is 6.47. The summed E-state index contributed by atoms with van der Waals surface area (Å²) in [6.45, 7) is 30.8. The van der Waals surface area contributed by atoms with E-state index in [1.807, 2.05) is 0 Å². The van der Waals surface area contributed by atoms with Gasteiger partial charge in [0.25, 0.3) is 0 Å². The van der Waals surface area contributed by atoms with E-state index in [1.165, 1.54) is 192 Å². The largest absolute Gasteiger partial charge is 0.437 e. The van der Waals surface area contributed by atoms with Crippen molar-refractivity contribution >= 4 is 88.3 Å². The average molecular weight is 1600 g/mol. The van der Waals surface area contributed by atoms with Crippen molar-refractivity contribution in [3.8, 4) is 45.0 Å². The lowest BCUT2D eigenvalue weighted by atomic mass is 9.90. The number of hydrogen-bond acceptors (Lipinski definition) is 8. The Balaban J connectivity index is 0.000000114. The number of pyridine rings is 8. The summed E-state index contributed by atoms with van der Waals surface area (Å²) in [4.78, 5) is 19.4. The van der Waals surface area contributed by atoms with Crippen LogP contribution in [0.25, 0.3) is 133 Å². The van der Waals surface area contributed by atoms with Crippen LogP contribution in [0.1, 0.15) is 269 Å². The summed E-state index contributed by atoms with van der Waals surface area (Å²) in [5.74, 6) is 3.73. The number of furan rings is 4. The molecule has 4 aliphatic carbocycles. The van der Waals surface area contributed by atoms with Gasteiger partial charge < -0.3 is 17.7 Å². The van der Waals surface area contributed by atoms with E-state index >= 15 is 0 Å². The topological polar surface area (TPSA) is 120 Å². The highest BCUT2D eigenvalue weighted by Gasteiger charge is 2.32. The van der Waals surface area contributed by atoms with E-state index in [4.69, 9.17) is 37.6 Å². The first-order chi connectivity index (χ1) is 57.7.